The van der Waals surface area contributed by atoms with Crippen molar-refractivity contribution < 1.29 is 13.2 Å². The molecular weight excluding hydrogens is 448 g/mol. The normalized spacial score (nSPS) is 16.7. The molecule has 3 aromatic carbocycles. The number of hydrogen-bond acceptors (Lipinski definition) is 4. The molecule has 0 saturated carbocycles. The predicted octanol–water partition coefficient (Wildman–Crippen LogP) is 4.64. The summed E-state index contributed by atoms with van der Waals surface area (Å²) in [6.45, 7) is 4.23. The number of nitrogens with zero attached hydrogens (tertiary/aromatic N) is 2. The van der Waals surface area contributed by atoms with Gasteiger partial charge in [-0.2, -0.15) is 4.31 Å². The number of benzene rings is 3. The summed E-state index contributed by atoms with van der Waals surface area (Å²) in [5.74, 6) is 0.372. The molecule has 1 aromatic heterocycles. The van der Waals surface area contributed by atoms with Gasteiger partial charge in [-0.05, 0) is 68.1 Å². The number of sulfonamides is 1. The average Bonchev–Trinajstić information content (AvgIpc) is 3.46. The van der Waals surface area contributed by atoms with Gasteiger partial charge >= 0.3 is 0 Å². The van der Waals surface area contributed by atoms with Crippen LogP contribution in [0.25, 0.3) is 22.4 Å². The third kappa shape index (κ3) is 4.22. The van der Waals surface area contributed by atoms with Gasteiger partial charge < -0.3 is 10.3 Å². The van der Waals surface area contributed by atoms with E-state index in [4.69, 9.17) is 0 Å². The Bertz CT molecular complexity index is 1460. The van der Waals surface area contributed by atoms with Crippen LogP contribution in [0, 0.1) is 13.8 Å². The second kappa shape index (κ2) is 8.70. The lowest BCUT2D eigenvalue weighted by atomic mass is 10.1. The highest BCUT2D eigenvalue weighted by atomic mass is 32.2. The zero-order valence-electron chi connectivity index (χ0n) is 19.1. The maximum atomic E-state index is 13.5. The number of imidazole rings is 1. The molecule has 0 bridgehead atoms. The number of aryl methyl sites for hydroxylation is 2. The zero-order valence-corrected chi connectivity index (χ0v) is 19.9. The quantitative estimate of drug-likeness (QED) is 0.441. The SMILES string of the molecule is Cc1cc(C)cc(NC(=O)[C@@H]2CCCN2S(=O)(=O)c2ccc3nc(-c4ccccc4)[nH]c3c2)c1. The van der Waals surface area contributed by atoms with Crippen LogP contribution >= 0.6 is 0 Å². The molecule has 1 atom stereocenters. The van der Waals surface area contributed by atoms with E-state index >= 15 is 0 Å². The first-order valence-electron chi connectivity index (χ1n) is 11.3. The van der Waals surface area contributed by atoms with Crippen molar-refractivity contribution in [3.05, 3.63) is 77.9 Å². The molecule has 8 heteroatoms. The van der Waals surface area contributed by atoms with E-state index in [1.165, 1.54) is 4.31 Å². The number of aromatic nitrogens is 2. The molecule has 7 nitrogen and oxygen atoms in total. The topological polar surface area (TPSA) is 95.2 Å². The fourth-order valence-electron chi connectivity index (χ4n) is 4.58. The van der Waals surface area contributed by atoms with Crippen LogP contribution in [0.2, 0.25) is 0 Å². The third-order valence-corrected chi connectivity index (χ3v) is 8.01. The molecule has 1 fully saturated rings. The number of carbonyl (C=O) groups excluding carboxylic acids is 1. The Morgan fingerprint density at radius 2 is 1.76 bits per heavy atom. The minimum atomic E-state index is -3.86. The van der Waals surface area contributed by atoms with Crippen LogP contribution in [-0.4, -0.2) is 41.2 Å². The number of anilines is 1. The molecule has 1 aliphatic heterocycles. The van der Waals surface area contributed by atoms with Crippen LogP contribution in [0.3, 0.4) is 0 Å². The Morgan fingerprint density at radius 3 is 2.50 bits per heavy atom. The van der Waals surface area contributed by atoms with Crippen molar-refractivity contribution in [2.45, 2.75) is 37.6 Å². The second-order valence-corrected chi connectivity index (χ2v) is 10.7. The average molecular weight is 475 g/mol. The zero-order chi connectivity index (χ0) is 23.9. The van der Waals surface area contributed by atoms with Crippen molar-refractivity contribution in [2.75, 3.05) is 11.9 Å². The molecule has 4 aromatic rings. The maximum Gasteiger partial charge on any atom is 0.243 e. The Labute approximate surface area is 198 Å². The minimum Gasteiger partial charge on any atom is -0.338 e. The standard InChI is InChI=1S/C26H26N4O3S/c1-17-13-18(2)15-20(14-17)27-26(31)24-9-6-12-30(24)34(32,33)21-10-11-22-23(16-21)29-25(28-22)19-7-4-3-5-8-19/h3-5,7-8,10-11,13-16,24H,6,9,12H2,1-2H3,(H,27,31)(H,28,29)/t24-/m0/s1. The molecule has 0 radical (unpaired) electrons. The Hall–Kier alpha value is -3.49. The molecule has 34 heavy (non-hydrogen) atoms. The highest BCUT2D eigenvalue weighted by molar-refractivity contribution is 7.89. The van der Waals surface area contributed by atoms with Crippen LogP contribution < -0.4 is 5.32 Å². The first-order chi connectivity index (χ1) is 16.3. The van der Waals surface area contributed by atoms with Gasteiger partial charge in [-0.25, -0.2) is 13.4 Å². The van der Waals surface area contributed by atoms with Gasteiger partial charge in [0, 0.05) is 17.8 Å². The Kier molecular flexibility index (Phi) is 5.71. The van der Waals surface area contributed by atoms with Crippen LogP contribution in [0.15, 0.2) is 71.6 Å². The number of nitrogens with one attached hydrogen (secondary N) is 2. The van der Waals surface area contributed by atoms with Gasteiger partial charge in [-0.15, -0.1) is 0 Å². The third-order valence-electron chi connectivity index (χ3n) is 6.10. The molecule has 1 saturated heterocycles. The van der Waals surface area contributed by atoms with Gasteiger partial charge in [0.05, 0.1) is 15.9 Å². The molecule has 1 amide bonds. The van der Waals surface area contributed by atoms with Crippen LogP contribution in [0.4, 0.5) is 5.69 Å². The first kappa shape index (κ1) is 22.3. The van der Waals surface area contributed by atoms with Crippen molar-refractivity contribution in [2.24, 2.45) is 0 Å². The lowest BCUT2D eigenvalue weighted by Gasteiger charge is -2.23. The molecule has 0 aliphatic carbocycles. The van der Waals surface area contributed by atoms with E-state index in [2.05, 4.69) is 15.3 Å². The van der Waals surface area contributed by atoms with Gasteiger partial charge in [0.2, 0.25) is 15.9 Å². The number of hydrogen-bond donors (Lipinski definition) is 2. The highest BCUT2D eigenvalue weighted by Gasteiger charge is 2.39. The first-order valence-corrected chi connectivity index (χ1v) is 12.7. The summed E-state index contributed by atoms with van der Waals surface area (Å²) in [5.41, 5.74) is 4.99. The summed E-state index contributed by atoms with van der Waals surface area (Å²) in [6.07, 6.45) is 1.12. The van der Waals surface area contributed by atoms with Gasteiger partial charge in [0.1, 0.15) is 11.9 Å². The fraction of sp³-hybridized carbons (Fsp3) is 0.231. The van der Waals surface area contributed by atoms with E-state index in [9.17, 15) is 13.2 Å². The van der Waals surface area contributed by atoms with E-state index in [0.29, 0.717) is 41.9 Å². The summed E-state index contributed by atoms with van der Waals surface area (Å²) in [6, 6.07) is 19.6. The van der Waals surface area contributed by atoms with Crippen LogP contribution in [0.5, 0.6) is 0 Å². The molecule has 2 N–H and O–H groups in total. The largest absolute Gasteiger partial charge is 0.338 e. The molecule has 174 valence electrons. The molecule has 1 aliphatic rings. The van der Waals surface area contributed by atoms with Gasteiger partial charge in [-0.3, -0.25) is 4.79 Å². The second-order valence-electron chi connectivity index (χ2n) is 8.77. The maximum absolute atomic E-state index is 13.5. The van der Waals surface area contributed by atoms with Crippen molar-refractivity contribution in [3.8, 4) is 11.4 Å². The number of amides is 1. The van der Waals surface area contributed by atoms with Crippen molar-refractivity contribution in [3.63, 3.8) is 0 Å². The summed E-state index contributed by atoms with van der Waals surface area (Å²) < 4.78 is 28.4. The number of fused-ring (bicyclic) bond motifs is 1. The van der Waals surface area contributed by atoms with E-state index in [1.54, 1.807) is 18.2 Å². The van der Waals surface area contributed by atoms with Crippen LogP contribution in [0.1, 0.15) is 24.0 Å². The van der Waals surface area contributed by atoms with E-state index in [0.717, 1.165) is 16.7 Å². The monoisotopic (exact) mass is 474 g/mol. The molecule has 0 unspecified atom stereocenters. The summed E-state index contributed by atoms with van der Waals surface area (Å²) >= 11 is 0. The van der Waals surface area contributed by atoms with Gasteiger partial charge in [-0.1, -0.05) is 36.4 Å². The van der Waals surface area contributed by atoms with E-state index in [1.807, 2.05) is 62.4 Å². The summed E-state index contributed by atoms with van der Waals surface area (Å²) in [4.78, 5) is 21.0. The van der Waals surface area contributed by atoms with Crippen molar-refractivity contribution >= 4 is 32.7 Å². The molecular formula is C26H26N4O3S. The molecule has 2 heterocycles. The number of carbonyl (C=O) groups is 1. The smallest absolute Gasteiger partial charge is 0.243 e. The van der Waals surface area contributed by atoms with Crippen molar-refractivity contribution in [1.82, 2.24) is 14.3 Å². The summed E-state index contributed by atoms with van der Waals surface area (Å²) in [7, 11) is -3.86. The van der Waals surface area contributed by atoms with Gasteiger partial charge in [0.25, 0.3) is 0 Å². The van der Waals surface area contributed by atoms with E-state index in [-0.39, 0.29) is 10.8 Å². The lowest BCUT2D eigenvalue weighted by molar-refractivity contribution is -0.119. The van der Waals surface area contributed by atoms with Crippen LogP contribution in [-0.2, 0) is 14.8 Å². The predicted molar refractivity (Wildman–Crippen MR) is 133 cm³/mol. The number of aromatic amines is 1. The van der Waals surface area contributed by atoms with Gasteiger partial charge in [0.15, 0.2) is 0 Å². The summed E-state index contributed by atoms with van der Waals surface area (Å²) in [5, 5.41) is 2.91. The Morgan fingerprint density at radius 1 is 1.03 bits per heavy atom. The molecule has 0 spiro atoms. The minimum absolute atomic E-state index is 0.148. The Balaban J connectivity index is 1.42. The van der Waals surface area contributed by atoms with Crippen molar-refractivity contribution in [1.29, 1.82) is 0 Å². The number of H-pyrrole nitrogens is 1. The molecule has 5 rings (SSSR count). The van der Waals surface area contributed by atoms with E-state index < -0.39 is 16.1 Å². The number of rotatable bonds is 5. The highest BCUT2D eigenvalue weighted by Crippen LogP contribution is 2.29. The fourth-order valence-corrected chi connectivity index (χ4v) is 6.26. The lowest BCUT2D eigenvalue weighted by Crippen LogP contribution is -2.43.